The Kier molecular flexibility index (Phi) is 5.79. The molecule has 5 rings (SSSR count). The largest absolute Gasteiger partial charge is 0.340 e. The number of piperazine rings is 1. The Hall–Kier alpha value is -2.99. The lowest BCUT2D eigenvalue weighted by atomic mass is 9.97. The Bertz CT molecular complexity index is 1080. The third-order valence-corrected chi connectivity index (χ3v) is 7.00. The first kappa shape index (κ1) is 20.9. The van der Waals surface area contributed by atoms with E-state index >= 15 is 0 Å². The molecule has 0 saturated carbocycles. The zero-order chi connectivity index (χ0) is 22.1. The summed E-state index contributed by atoms with van der Waals surface area (Å²) in [6, 6.07) is 16.7. The van der Waals surface area contributed by atoms with Gasteiger partial charge in [-0.1, -0.05) is 59.3 Å². The molecular weight excluding hydrogens is 400 g/mol. The van der Waals surface area contributed by atoms with Crippen LogP contribution in [0.2, 0.25) is 0 Å². The van der Waals surface area contributed by atoms with Crippen LogP contribution < -0.4 is 0 Å². The van der Waals surface area contributed by atoms with E-state index < -0.39 is 0 Å². The van der Waals surface area contributed by atoms with Crippen molar-refractivity contribution in [2.45, 2.75) is 45.1 Å². The third-order valence-electron chi connectivity index (χ3n) is 7.00. The van der Waals surface area contributed by atoms with E-state index in [2.05, 4.69) is 65.3 Å². The molecule has 6 heteroatoms. The van der Waals surface area contributed by atoms with Crippen molar-refractivity contribution in [2.24, 2.45) is 0 Å². The van der Waals surface area contributed by atoms with Crippen molar-refractivity contribution >= 4 is 5.91 Å². The number of rotatable bonds is 5. The average Bonchev–Trinajstić information content (AvgIpc) is 3.47. The van der Waals surface area contributed by atoms with Gasteiger partial charge in [0.2, 0.25) is 17.6 Å². The van der Waals surface area contributed by atoms with Gasteiger partial charge in [-0.2, -0.15) is 4.98 Å². The first-order valence-corrected chi connectivity index (χ1v) is 11.6. The number of aromatic nitrogens is 2. The predicted molar refractivity (Wildman–Crippen MR) is 123 cm³/mol. The van der Waals surface area contributed by atoms with Crippen LogP contribution in [0, 0.1) is 6.92 Å². The maximum Gasteiger partial charge on any atom is 0.244 e. The maximum absolute atomic E-state index is 13.0. The van der Waals surface area contributed by atoms with Gasteiger partial charge in [-0.3, -0.25) is 9.69 Å². The van der Waals surface area contributed by atoms with E-state index in [1.54, 1.807) is 0 Å². The Morgan fingerprint density at radius 1 is 1.09 bits per heavy atom. The van der Waals surface area contributed by atoms with Crippen LogP contribution in [0.3, 0.4) is 0 Å². The Morgan fingerprint density at radius 2 is 1.84 bits per heavy atom. The molecule has 6 nitrogen and oxygen atoms in total. The SMILES string of the molecule is Cc1ccc(-c2noc(C(C)N3CCN(C(=O)CC4CCc5ccccc54)CC3)n2)cc1. The molecule has 3 aromatic rings. The standard InChI is InChI=1S/C26H30N4O2/c1-18-7-9-21(10-8-18)25-27-26(32-28-25)19(2)29-13-15-30(16-14-29)24(31)17-22-12-11-20-5-3-4-6-23(20)22/h3-10,19,22H,11-17H2,1-2H3. The molecule has 0 bridgehead atoms. The second kappa shape index (κ2) is 8.87. The second-order valence-electron chi connectivity index (χ2n) is 9.05. The Morgan fingerprint density at radius 3 is 2.62 bits per heavy atom. The van der Waals surface area contributed by atoms with Gasteiger partial charge >= 0.3 is 0 Å². The summed E-state index contributed by atoms with van der Waals surface area (Å²) >= 11 is 0. The van der Waals surface area contributed by atoms with E-state index in [0.717, 1.165) is 44.6 Å². The zero-order valence-corrected chi connectivity index (χ0v) is 18.8. The number of fused-ring (bicyclic) bond motifs is 1. The van der Waals surface area contributed by atoms with Gasteiger partial charge in [0.25, 0.3) is 0 Å². The van der Waals surface area contributed by atoms with E-state index in [-0.39, 0.29) is 11.9 Å². The Balaban J connectivity index is 1.16. The van der Waals surface area contributed by atoms with Crippen molar-refractivity contribution in [3.05, 3.63) is 71.1 Å². The van der Waals surface area contributed by atoms with Crippen LogP contribution in [0.1, 0.15) is 54.3 Å². The summed E-state index contributed by atoms with van der Waals surface area (Å²) < 4.78 is 5.58. The maximum atomic E-state index is 13.0. The molecule has 1 aromatic heterocycles. The van der Waals surface area contributed by atoms with Gasteiger partial charge in [0.1, 0.15) is 0 Å². The molecule has 2 aromatic carbocycles. The molecule has 1 aliphatic heterocycles. The molecule has 32 heavy (non-hydrogen) atoms. The van der Waals surface area contributed by atoms with E-state index in [1.165, 1.54) is 16.7 Å². The van der Waals surface area contributed by atoms with Crippen LogP contribution in [0.15, 0.2) is 53.1 Å². The van der Waals surface area contributed by atoms with E-state index in [1.807, 2.05) is 17.0 Å². The van der Waals surface area contributed by atoms with Gasteiger partial charge in [-0.15, -0.1) is 0 Å². The van der Waals surface area contributed by atoms with Crippen LogP contribution in [0.4, 0.5) is 0 Å². The third kappa shape index (κ3) is 4.19. The van der Waals surface area contributed by atoms with Crippen molar-refractivity contribution in [1.29, 1.82) is 0 Å². The summed E-state index contributed by atoms with van der Waals surface area (Å²) in [6.45, 7) is 7.28. The first-order chi connectivity index (χ1) is 15.6. The highest BCUT2D eigenvalue weighted by atomic mass is 16.5. The van der Waals surface area contributed by atoms with Gasteiger partial charge in [-0.25, -0.2) is 0 Å². The van der Waals surface area contributed by atoms with E-state index in [0.29, 0.717) is 24.1 Å². The van der Waals surface area contributed by atoms with Crippen molar-refractivity contribution in [1.82, 2.24) is 19.9 Å². The fourth-order valence-corrected chi connectivity index (χ4v) is 4.94. The lowest BCUT2D eigenvalue weighted by Crippen LogP contribution is -2.49. The summed E-state index contributed by atoms with van der Waals surface area (Å²) in [7, 11) is 0. The molecule has 2 aliphatic rings. The normalized spacial score (nSPS) is 19.7. The van der Waals surface area contributed by atoms with Gasteiger partial charge < -0.3 is 9.42 Å². The van der Waals surface area contributed by atoms with Crippen molar-refractivity contribution < 1.29 is 9.32 Å². The highest BCUT2D eigenvalue weighted by Gasteiger charge is 2.30. The number of amides is 1. The fraction of sp³-hybridized carbons (Fsp3) is 0.423. The molecule has 0 radical (unpaired) electrons. The van der Waals surface area contributed by atoms with Crippen LogP contribution in [-0.4, -0.2) is 52.0 Å². The fourth-order valence-electron chi connectivity index (χ4n) is 4.94. The molecule has 1 aliphatic carbocycles. The molecule has 2 heterocycles. The molecule has 1 saturated heterocycles. The van der Waals surface area contributed by atoms with Crippen LogP contribution in [-0.2, 0) is 11.2 Å². The number of benzene rings is 2. The molecule has 2 atom stereocenters. The number of nitrogens with zero attached hydrogens (tertiary/aromatic N) is 4. The average molecular weight is 431 g/mol. The summed E-state index contributed by atoms with van der Waals surface area (Å²) in [5.74, 6) is 1.90. The monoisotopic (exact) mass is 430 g/mol. The molecule has 1 fully saturated rings. The van der Waals surface area contributed by atoms with Crippen molar-refractivity contribution in [3.8, 4) is 11.4 Å². The summed E-state index contributed by atoms with van der Waals surface area (Å²) in [5, 5.41) is 4.17. The molecule has 0 spiro atoms. The van der Waals surface area contributed by atoms with E-state index in [4.69, 9.17) is 4.52 Å². The molecular formula is C26H30N4O2. The summed E-state index contributed by atoms with van der Waals surface area (Å²) in [5.41, 5.74) is 4.94. The van der Waals surface area contributed by atoms with Crippen molar-refractivity contribution in [2.75, 3.05) is 26.2 Å². The van der Waals surface area contributed by atoms with Crippen LogP contribution in [0.25, 0.3) is 11.4 Å². The second-order valence-corrected chi connectivity index (χ2v) is 9.05. The minimum Gasteiger partial charge on any atom is -0.340 e. The molecule has 2 unspecified atom stereocenters. The van der Waals surface area contributed by atoms with Gasteiger partial charge in [0, 0.05) is 38.2 Å². The smallest absolute Gasteiger partial charge is 0.244 e. The lowest BCUT2D eigenvalue weighted by molar-refractivity contribution is -0.133. The quantitative estimate of drug-likeness (QED) is 0.601. The minimum absolute atomic E-state index is 0.0284. The van der Waals surface area contributed by atoms with Crippen LogP contribution >= 0.6 is 0 Å². The van der Waals surface area contributed by atoms with Gasteiger partial charge in [-0.05, 0) is 43.7 Å². The molecule has 166 valence electrons. The number of hydrogen-bond acceptors (Lipinski definition) is 5. The van der Waals surface area contributed by atoms with Crippen LogP contribution in [0.5, 0.6) is 0 Å². The number of carbonyl (C=O) groups excluding carboxylic acids is 1. The van der Waals surface area contributed by atoms with Gasteiger partial charge in [0.15, 0.2) is 0 Å². The predicted octanol–water partition coefficient (Wildman–Crippen LogP) is 4.37. The van der Waals surface area contributed by atoms with E-state index in [9.17, 15) is 4.79 Å². The number of carbonyl (C=O) groups is 1. The summed E-state index contributed by atoms with van der Waals surface area (Å²) in [6.07, 6.45) is 2.80. The lowest BCUT2D eigenvalue weighted by Gasteiger charge is -2.37. The first-order valence-electron chi connectivity index (χ1n) is 11.6. The molecule has 0 N–H and O–H groups in total. The van der Waals surface area contributed by atoms with Gasteiger partial charge in [0.05, 0.1) is 6.04 Å². The highest BCUT2D eigenvalue weighted by molar-refractivity contribution is 5.77. The minimum atomic E-state index is 0.0284. The van der Waals surface area contributed by atoms with Crippen molar-refractivity contribution in [3.63, 3.8) is 0 Å². The number of aryl methyl sites for hydroxylation is 2. The highest BCUT2D eigenvalue weighted by Crippen LogP contribution is 2.35. The summed E-state index contributed by atoms with van der Waals surface area (Å²) in [4.78, 5) is 21.9. The topological polar surface area (TPSA) is 62.5 Å². The Labute approximate surface area is 189 Å². The zero-order valence-electron chi connectivity index (χ0n) is 18.8. The molecule has 1 amide bonds. The number of hydrogen-bond donors (Lipinski definition) is 0.